The van der Waals surface area contributed by atoms with Gasteiger partial charge in [-0.25, -0.2) is 0 Å². The van der Waals surface area contributed by atoms with E-state index in [2.05, 4.69) is 58.5 Å². The molecular weight excluding hydrogens is 270 g/mol. The van der Waals surface area contributed by atoms with E-state index < -0.39 is 0 Å². The maximum atomic E-state index is 5.92. The van der Waals surface area contributed by atoms with Crippen molar-refractivity contribution in [3.05, 3.63) is 65.9 Å². The Kier molecular flexibility index (Phi) is 3.35. The van der Waals surface area contributed by atoms with Crippen LogP contribution in [0, 0.1) is 0 Å². The molecule has 2 aromatic carbocycles. The van der Waals surface area contributed by atoms with Gasteiger partial charge in [-0.1, -0.05) is 30.3 Å². The molecule has 3 nitrogen and oxygen atoms in total. The molecule has 1 aliphatic rings. The number of benzene rings is 2. The molecule has 112 valence electrons. The second kappa shape index (κ2) is 5.50. The Morgan fingerprint density at radius 2 is 2.05 bits per heavy atom. The van der Waals surface area contributed by atoms with Crippen molar-refractivity contribution in [1.29, 1.82) is 0 Å². The lowest BCUT2D eigenvalue weighted by Gasteiger charge is -2.16. The van der Waals surface area contributed by atoms with Crippen LogP contribution in [0.2, 0.25) is 0 Å². The molecule has 2 heterocycles. The number of hydrogen-bond donors (Lipinski definition) is 2. The number of likely N-dealkylation sites (tertiary alicyclic amines) is 1. The Labute approximate surface area is 130 Å². The van der Waals surface area contributed by atoms with Crippen molar-refractivity contribution in [2.24, 2.45) is 0 Å². The van der Waals surface area contributed by atoms with Crippen molar-refractivity contribution < 1.29 is 0 Å². The van der Waals surface area contributed by atoms with E-state index in [0.29, 0.717) is 5.92 Å². The molecular formula is C19H21N3. The third-order valence-electron chi connectivity index (χ3n) is 4.72. The lowest BCUT2D eigenvalue weighted by Crippen LogP contribution is -2.19. The van der Waals surface area contributed by atoms with Gasteiger partial charge in [0, 0.05) is 35.9 Å². The molecule has 0 aliphatic carbocycles. The highest BCUT2D eigenvalue weighted by Crippen LogP contribution is 2.30. The summed E-state index contributed by atoms with van der Waals surface area (Å²) in [4.78, 5) is 5.91. The van der Waals surface area contributed by atoms with Crippen LogP contribution in [0.25, 0.3) is 10.9 Å². The highest BCUT2D eigenvalue weighted by molar-refractivity contribution is 5.82. The van der Waals surface area contributed by atoms with Crippen molar-refractivity contribution in [2.75, 3.05) is 18.8 Å². The van der Waals surface area contributed by atoms with Crippen LogP contribution in [0.15, 0.2) is 54.7 Å². The van der Waals surface area contributed by atoms with E-state index >= 15 is 0 Å². The van der Waals surface area contributed by atoms with Gasteiger partial charge in [0.2, 0.25) is 0 Å². The van der Waals surface area contributed by atoms with Crippen molar-refractivity contribution in [3.63, 3.8) is 0 Å². The van der Waals surface area contributed by atoms with E-state index in [0.717, 1.165) is 25.3 Å². The predicted octanol–water partition coefficient (Wildman–Crippen LogP) is 3.74. The van der Waals surface area contributed by atoms with Gasteiger partial charge in [-0.15, -0.1) is 0 Å². The fourth-order valence-electron chi connectivity index (χ4n) is 3.56. The fourth-order valence-corrected chi connectivity index (χ4v) is 3.56. The number of fused-ring (bicyclic) bond motifs is 1. The van der Waals surface area contributed by atoms with Crippen LogP contribution >= 0.6 is 0 Å². The van der Waals surface area contributed by atoms with E-state index in [1.807, 2.05) is 6.07 Å². The first-order valence-corrected chi connectivity index (χ1v) is 7.92. The first kappa shape index (κ1) is 13.4. The van der Waals surface area contributed by atoms with Gasteiger partial charge in [-0.2, -0.15) is 0 Å². The molecule has 22 heavy (non-hydrogen) atoms. The molecule has 0 amide bonds. The molecule has 1 aromatic heterocycles. The third-order valence-corrected chi connectivity index (χ3v) is 4.72. The Hall–Kier alpha value is -2.26. The number of nitrogens with zero attached hydrogens (tertiary/aromatic N) is 1. The summed E-state index contributed by atoms with van der Waals surface area (Å²) in [5.41, 5.74) is 10.8. The molecule has 1 atom stereocenters. The van der Waals surface area contributed by atoms with Crippen LogP contribution in [0.4, 0.5) is 5.69 Å². The van der Waals surface area contributed by atoms with Crippen LogP contribution in [0.1, 0.15) is 23.5 Å². The molecule has 0 spiro atoms. The Morgan fingerprint density at radius 1 is 1.14 bits per heavy atom. The summed E-state index contributed by atoms with van der Waals surface area (Å²) in [6.07, 6.45) is 3.37. The minimum Gasteiger partial charge on any atom is -0.399 e. The minimum atomic E-state index is 0.605. The number of nitrogens with one attached hydrogen (secondary N) is 1. The number of nitrogens with two attached hydrogens (primary N) is 1. The first-order chi connectivity index (χ1) is 10.8. The van der Waals surface area contributed by atoms with Crippen molar-refractivity contribution in [2.45, 2.75) is 18.9 Å². The Bertz CT molecular complexity index is 790. The van der Waals surface area contributed by atoms with Gasteiger partial charge in [-0.05, 0) is 48.2 Å². The Balaban J connectivity index is 1.49. The second-order valence-electron chi connectivity index (χ2n) is 6.25. The van der Waals surface area contributed by atoms with E-state index in [1.165, 1.54) is 28.5 Å². The van der Waals surface area contributed by atoms with Crippen molar-refractivity contribution in [3.8, 4) is 0 Å². The van der Waals surface area contributed by atoms with E-state index in [-0.39, 0.29) is 0 Å². The summed E-state index contributed by atoms with van der Waals surface area (Å²) in [6.45, 7) is 3.28. The van der Waals surface area contributed by atoms with Crippen molar-refractivity contribution in [1.82, 2.24) is 9.88 Å². The number of anilines is 1. The van der Waals surface area contributed by atoms with Crippen LogP contribution in [0.3, 0.4) is 0 Å². The van der Waals surface area contributed by atoms with Crippen LogP contribution < -0.4 is 5.73 Å². The zero-order valence-electron chi connectivity index (χ0n) is 12.6. The summed E-state index contributed by atoms with van der Waals surface area (Å²) in [6, 6.07) is 16.9. The maximum absolute atomic E-state index is 5.92. The van der Waals surface area contributed by atoms with Gasteiger partial charge >= 0.3 is 0 Å². The molecule has 0 radical (unpaired) electrons. The summed E-state index contributed by atoms with van der Waals surface area (Å²) in [5.74, 6) is 0.605. The van der Waals surface area contributed by atoms with Crippen LogP contribution in [-0.2, 0) is 6.54 Å². The molecule has 1 saturated heterocycles. The molecule has 3 N–H and O–H groups in total. The number of para-hydroxylation sites is 1. The largest absolute Gasteiger partial charge is 0.399 e. The van der Waals surface area contributed by atoms with Gasteiger partial charge in [-0.3, -0.25) is 4.90 Å². The lowest BCUT2D eigenvalue weighted by molar-refractivity contribution is 0.328. The quantitative estimate of drug-likeness (QED) is 0.722. The normalized spacial score (nSPS) is 19.0. The number of hydrogen-bond acceptors (Lipinski definition) is 2. The highest BCUT2D eigenvalue weighted by atomic mass is 15.1. The molecule has 0 bridgehead atoms. The zero-order chi connectivity index (χ0) is 14.9. The van der Waals surface area contributed by atoms with Gasteiger partial charge in [0.05, 0.1) is 0 Å². The first-order valence-electron chi connectivity index (χ1n) is 7.92. The van der Waals surface area contributed by atoms with Crippen LogP contribution in [0.5, 0.6) is 0 Å². The van der Waals surface area contributed by atoms with E-state index in [1.54, 1.807) is 0 Å². The smallest absolute Gasteiger partial charge is 0.0457 e. The maximum Gasteiger partial charge on any atom is 0.0457 e. The second-order valence-corrected chi connectivity index (χ2v) is 6.25. The summed E-state index contributed by atoms with van der Waals surface area (Å²) in [5, 5.41) is 1.34. The van der Waals surface area contributed by atoms with Crippen molar-refractivity contribution >= 4 is 16.6 Å². The number of rotatable bonds is 3. The summed E-state index contributed by atoms with van der Waals surface area (Å²) < 4.78 is 0. The van der Waals surface area contributed by atoms with Gasteiger partial charge in [0.15, 0.2) is 0 Å². The average molecular weight is 291 g/mol. The monoisotopic (exact) mass is 291 g/mol. The summed E-state index contributed by atoms with van der Waals surface area (Å²) in [7, 11) is 0. The summed E-state index contributed by atoms with van der Waals surface area (Å²) >= 11 is 0. The fraction of sp³-hybridized carbons (Fsp3) is 0.263. The average Bonchev–Trinajstić information content (AvgIpc) is 3.16. The van der Waals surface area contributed by atoms with E-state index in [4.69, 9.17) is 5.73 Å². The third kappa shape index (κ3) is 2.48. The highest BCUT2D eigenvalue weighted by Gasteiger charge is 2.24. The van der Waals surface area contributed by atoms with Gasteiger partial charge in [0.25, 0.3) is 0 Å². The SMILES string of the molecule is Nc1cccc(C2CCN(Cc3c[nH]c4ccccc34)C2)c1. The molecule has 0 saturated carbocycles. The number of H-pyrrole nitrogens is 1. The molecule has 1 unspecified atom stereocenters. The number of aromatic amines is 1. The minimum absolute atomic E-state index is 0.605. The zero-order valence-corrected chi connectivity index (χ0v) is 12.6. The number of nitrogen functional groups attached to an aromatic ring is 1. The predicted molar refractivity (Wildman–Crippen MR) is 91.8 cm³/mol. The molecule has 4 rings (SSSR count). The number of aromatic nitrogens is 1. The van der Waals surface area contributed by atoms with Gasteiger partial charge < -0.3 is 10.7 Å². The molecule has 1 fully saturated rings. The topological polar surface area (TPSA) is 45.0 Å². The molecule has 1 aliphatic heterocycles. The Morgan fingerprint density at radius 3 is 2.95 bits per heavy atom. The van der Waals surface area contributed by atoms with Gasteiger partial charge in [0.1, 0.15) is 0 Å². The molecule has 3 aromatic rings. The molecule has 3 heteroatoms. The standard InChI is InChI=1S/C19H21N3/c20-17-5-3-4-14(10-17)15-8-9-22(12-15)13-16-11-21-19-7-2-1-6-18(16)19/h1-7,10-11,15,21H,8-9,12-13,20H2. The van der Waals surface area contributed by atoms with Crippen LogP contribution in [-0.4, -0.2) is 23.0 Å². The lowest BCUT2D eigenvalue weighted by atomic mass is 9.98. The van der Waals surface area contributed by atoms with E-state index in [9.17, 15) is 0 Å².